The van der Waals surface area contributed by atoms with Crippen LogP contribution in [0.5, 0.6) is 0 Å². The van der Waals surface area contributed by atoms with Gasteiger partial charge in [-0.3, -0.25) is 14.3 Å². The van der Waals surface area contributed by atoms with Gasteiger partial charge in [-0.05, 0) is 49.7 Å². The predicted molar refractivity (Wildman–Crippen MR) is 136 cm³/mol. The first-order chi connectivity index (χ1) is 16.5. The summed E-state index contributed by atoms with van der Waals surface area (Å²) in [6, 6.07) is 6.21. The van der Waals surface area contributed by atoms with E-state index in [1.54, 1.807) is 0 Å². The Morgan fingerprint density at radius 1 is 1.12 bits per heavy atom. The SMILES string of the molecule is CCCCNc1ncc2c3ccc(CN4CCN(C)CC4)cc3c(=O)n([C@@H]3CCC(O)C3)c2n1. The molecule has 2 fully saturated rings. The van der Waals surface area contributed by atoms with Crippen molar-refractivity contribution in [2.45, 2.75) is 57.7 Å². The van der Waals surface area contributed by atoms with Crippen molar-refractivity contribution >= 4 is 27.8 Å². The van der Waals surface area contributed by atoms with Crippen LogP contribution >= 0.6 is 0 Å². The zero-order valence-electron chi connectivity index (χ0n) is 20.3. The maximum absolute atomic E-state index is 13.9. The van der Waals surface area contributed by atoms with Crippen molar-refractivity contribution in [2.24, 2.45) is 0 Å². The Balaban J connectivity index is 1.58. The van der Waals surface area contributed by atoms with Gasteiger partial charge in [0.25, 0.3) is 5.56 Å². The minimum absolute atomic E-state index is 0.0139. The van der Waals surface area contributed by atoms with E-state index in [9.17, 15) is 9.90 Å². The van der Waals surface area contributed by atoms with Gasteiger partial charge in [0.1, 0.15) is 5.65 Å². The summed E-state index contributed by atoms with van der Waals surface area (Å²) in [5, 5.41) is 16.0. The number of aliphatic hydroxyl groups is 1. The number of pyridine rings is 1. The molecule has 34 heavy (non-hydrogen) atoms. The molecular formula is C26H36N6O2. The van der Waals surface area contributed by atoms with Crippen molar-refractivity contribution < 1.29 is 5.11 Å². The fourth-order valence-electron chi connectivity index (χ4n) is 5.31. The molecule has 8 heteroatoms. The number of aromatic nitrogens is 3. The fourth-order valence-corrected chi connectivity index (χ4v) is 5.31. The molecule has 1 aliphatic carbocycles. The molecule has 1 unspecified atom stereocenters. The topological polar surface area (TPSA) is 86.5 Å². The molecule has 5 rings (SSSR count). The van der Waals surface area contributed by atoms with Crippen LogP contribution in [0.3, 0.4) is 0 Å². The average molecular weight is 465 g/mol. The Morgan fingerprint density at radius 3 is 2.68 bits per heavy atom. The van der Waals surface area contributed by atoms with E-state index in [4.69, 9.17) is 4.98 Å². The summed E-state index contributed by atoms with van der Waals surface area (Å²) < 4.78 is 1.83. The third kappa shape index (κ3) is 4.67. The fraction of sp³-hybridized carbons (Fsp3) is 0.577. The normalized spacial score (nSPS) is 22.1. The first-order valence-electron chi connectivity index (χ1n) is 12.7. The maximum Gasteiger partial charge on any atom is 0.260 e. The van der Waals surface area contributed by atoms with Crippen LogP contribution in [-0.2, 0) is 6.54 Å². The molecule has 2 N–H and O–H groups in total. The van der Waals surface area contributed by atoms with Crippen molar-refractivity contribution in [3.63, 3.8) is 0 Å². The van der Waals surface area contributed by atoms with E-state index in [1.165, 1.54) is 0 Å². The highest BCUT2D eigenvalue weighted by Crippen LogP contribution is 2.33. The van der Waals surface area contributed by atoms with Crippen LogP contribution < -0.4 is 10.9 Å². The number of unbranched alkanes of at least 4 members (excludes halogenated alkanes) is 1. The summed E-state index contributed by atoms with van der Waals surface area (Å²) in [7, 11) is 2.16. The third-order valence-corrected chi connectivity index (χ3v) is 7.38. The smallest absolute Gasteiger partial charge is 0.260 e. The van der Waals surface area contributed by atoms with E-state index in [0.29, 0.717) is 24.4 Å². The molecule has 8 nitrogen and oxygen atoms in total. The number of piperazine rings is 1. The first-order valence-corrected chi connectivity index (χ1v) is 12.7. The first kappa shape index (κ1) is 23.2. The van der Waals surface area contributed by atoms with Crippen molar-refractivity contribution in [3.8, 4) is 0 Å². The van der Waals surface area contributed by atoms with E-state index in [0.717, 1.165) is 80.3 Å². The zero-order chi connectivity index (χ0) is 23.7. The van der Waals surface area contributed by atoms with Crippen LogP contribution in [0.2, 0.25) is 0 Å². The number of nitrogens with zero attached hydrogens (tertiary/aromatic N) is 5. The molecule has 3 heterocycles. The van der Waals surface area contributed by atoms with Gasteiger partial charge in [-0.1, -0.05) is 25.5 Å². The molecule has 3 aromatic rings. The molecule has 182 valence electrons. The van der Waals surface area contributed by atoms with E-state index in [1.807, 2.05) is 10.8 Å². The summed E-state index contributed by atoms with van der Waals surface area (Å²) in [6.45, 7) is 8.02. The second kappa shape index (κ2) is 9.98. The Morgan fingerprint density at radius 2 is 1.94 bits per heavy atom. The minimum atomic E-state index is -0.366. The van der Waals surface area contributed by atoms with Crippen LogP contribution in [0.25, 0.3) is 21.8 Å². The summed E-state index contributed by atoms with van der Waals surface area (Å²) in [4.78, 5) is 28.0. The maximum atomic E-state index is 13.9. The third-order valence-electron chi connectivity index (χ3n) is 7.38. The zero-order valence-corrected chi connectivity index (χ0v) is 20.3. The number of benzene rings is 1. The average Bonchev–Trinajstić information content (AvgIpc) is 3.26. The lowest BCUT2D eigenvalue weighted by molar-refractivity contribution is 0.148. The highest BCUT2D eigenvalue weighted by Gasteiger charge is 2.28. The van der Waals surface area contributed by atoms with Gasteiger partial charge in [0, 0.05) is 62.3 Å². The van der Waals surface area contributed by atoms with Crippen molar-refractivity contribution in [1.29, 1.82) is 0 Å². The quantitative estimate of drug-likeness (QED) is 0.411. The highest BCUT2D eigenvalue weighted by molar-refractivity contribution is 6.04. The molecule has 0 radical (unpaired) electrons. The number of hydrogen-bond acceptors (Lipinski definition) is 7. The number of likely N-dealkylation sites (N-methyl/N-ethyl adjacent to an activating group) is 1. The van der Waals surface area contributed by atoms with Gasteiger partial charge >= 0.3 is 0 Å². The molecule has 1 aliphatic heterocycles. The molecule has 2 aliphatic rings. The lowest BCUT2D eigenvalue weighted by atomic mass is 10.0. The van der Waals surface area contributed by atoms with Gasteiger partial charge in [-0.15, -0.1) is 0 Å². The lowest BCUT2D eigenvalue weighted by Gasteiger charge is -2.32. The molecule has 0 bridgehead atoms. The van der Waals surface area contributed by atoms with E-state index in [2.05, 4.69) is 52.3 Å². The van der Waals surface area contributed by atoms with Crippen molar-refractivity contribution in [3.05, 3.63) is 40.3 Å². The Bertz CT molecular complexity index is 1220. The van der Waals surface area contributed by atoms with Gasteiger partial charge in [0.15, 0.2) is 0 Å². The Labute approximate surface area is 200 Å². The van der Waals surface area contributed by atoms with Gasteiger partial charge < -0.3 is 15.3 Å². The summed E-state index contributed by atoms with van der Waals surface area (Å²) in [5.74, 6) is 0.554. The predicted octanol–water partition coefficient (Wildman–Crippen LogP) is 2.99. The number of aliphatic hydroxyl groups excluding tert-OH is 1. The molecule has 2 aromatic heterocycles. The van der Waals surface area contributed by atoms with Gasteiger partial charge in [0.2, 0.25) is 5.95 Å². The number of nitrogens with one attached hydrogen (secondary N) is 1. The summed E-state index contributed by atoms with van der Waals surface area (Å²) in [5.41, 5.74) is 1.81. The van der Waals surface area contributed by atoms with Crippen LogP contribution in [-0.4, -0.2) is 75.3 Å². The summed E-state index contributed by atoms with van der Waals surface area (Å²) in [6.07, 6.45) is 5.70. The van der Waals surface area contributed by atoms with Gasteiger partial charge in [-0.25, -0.2) is 4.98 Å². The largest absolute Gasteiger partial charge is 0.393 e. The van der Waals surface area contributed by atoms with E-state index < -0.39 is 0 Å². The van der Waals surface area contributed by atoms with Gasteiger partial charge in [-0.2, -0.15) is 4.98 Å². The molecule has 1 saturated heterocycles. The van der Waals surface area contributed by atoms with Gasteiger partial charge in [0.05, 0.1) is 6.10 Å². The van der Waals surface area contributed by atoms with Crippen LogP contribution in [0.15, 0.2) is 29.2 Å². The van der Waals surface area contributed by atoms with Crippen LogP contribution in [0.1, 0.15) is 50.6 Å². The minimum Gasteiger partial charge on any atom is -0.393 e. The molecule has 0 spiro atoms. The van der Waals surface area contributed by atoms with Crippen LogP contribution in [0, 0.1) is 0 Å². The number of fused-ring (bicyclic) bond motifs is 3. The molecular weight excluding hydrogens is 428 g/mol. The van der Waals surface area contributed by atoms with Crippen LogP contribution in [0.4, 0.5) is 5.95 Å². The lowest BCUT2D eigenvalue weighted by Crippen LogP contribution is -2.43. The van der Waals surface area contributed by atoms with Crippen molar-refractivity contribution in [2.75, 3.05) is 45.1 Å². The van der Waals surface area contributed by atoms with E-state index in [-0.39, 0.29) is 17.7 Å². The molecule has 1 aromatic carbocycles. The Hall–Kier alpha value is -2.55. The van der Waals surface area contributed by atoms with E-state index >= 15 is 0 Å². The summed E-state index contributed by atoms with van der Waals surface area (Å²) >= 11 is 0. The number of hydrogen-bond donors (Lipinski definition) is 2. The monoisotopic (exact) mass is 464 g/mol. The standard InChI is InChI=1S/C26H36N6O2/c1-3-4-9-27-26-28-16-23-21-8-5-18(17-31-12-10-30(2)11-13-31)14-22(21)25(34)32(24(23)29-26)19-6-7-20(33)15-19/h5,8,14,16,19-20,33H,3-4,6-7,9-13,15,17H2,1-2H3,(H,27,28,29)/t19-,20?/m1/s1. The molecule has 2 atom stereocenters. The molecule has 1 saturated carbocycles. The Kier molecular flexibility index (Phi) is 6.81. The highest BCUT2D eigenvalue weighted by atomic mass is 16.3. The molecule has 0 amide bonds. The second-order valence-corrected chi connectivity index (χ2v) is 9.97. The van der Waals surface area contributed by atoms with Crippen molar-refractivity contribution in [1.82, 2.24) is 24.3 Å². The number of anilines is 1. The number of rotatable bonds is 7. The second-order valence-electron chi connectivity index (χ2n) is 9.97.